The first kappa shape index (κ1) is 27.9. The minimum absolute atomic E-state index is 0.0967. The smallest absolute Gasteiger partial charge is 0.259 e. The third-order valence-electron chi connectivity index (χ3n) is 8.23. The molecule has 1 amide bonds. The third kappa shape index (κ3) is 6.02. The molecule has 0 saturated carbocycles. The van der Waals surface area contributed by atoms with Gasteiger partial charge in [-0.15, -0.1) is 11.3 Å². The van der Waals surface area contributed by atoms with Crippen LogP contribution >= 0.6 is 11.3 Å². The third-order valence-corrected chi connectivity index (χ3v) is 9.40. The van der Waals surface area contributed by atoms with Crippen molar-refractivity contribution >= 4 is 44.9 Å². The highest BCUT2D eigenvalue weighted by Crippen LogP contribution is 2.45. The van der Waals surface area contributed by atoms with Gasteiger partial charge in [0.05, 0.1) is 5.56 Å². The molecule has 42 heavy (non-hydrogen) atoms. The monoisotopic (exact) mass is 572 g/mol. The molecule has 1 aromatic heterocycles. The van der Waals surface area contributed by atoms with E-state index in [0.717, 1.165) is 52.4 Å². The molecule has 1 heterocycles. The number of rotatable bonds is 7. The number of carbonyl (C=O) groups is 1. The van der Waals surface area contributed by atoms with Crippen LogP contribution in [0.15, 0.2) is 102 Å². The maximum absolute atomic E-state index is 13.7. The van der Waals surface area contributed by atoms with Crippen LogP contribution in [0.25, 0.3) is 10.8 Å². The number of thiophene rings is 1. The van der Waals surface area contributed by atoms with Gasteiger partial charge in [-0.25, -0.2) is 4.99 Å². The zero-order chi connectivity index (χ0) is 29.1. The lowest BCUT2D eigenvalue weighted by atomic mass is 9.72. The van der Waals surface area contributed by atoms with E-state index in [2.05, 4.69) is 68.6 Å². The Hall–Kier alpha value is -4.22. The Morgan fingerprint density at radius 3 is 2.52 bits per heavy atom. The maximum Gasteiger partial charge on any atom is 0.259 e. The molecule has 4 nitrogen and oxygen atoms in total. The summed E-state index contributed by atoms with van der Waals surface area (Å²) in [7, 11) is 0. The number of amides is 1. The number of nitrogens with one attached hydrogen (secondary N) is 1. The number of carbonyl (C=O) groups excluding carboxylic acids is 1. The van der Waals surface area contributed by atoms with E-state index in [1.54, 1.807) is 11.3 Å². The lowest BCUT2D eigenvalue weighted by Crippen LogP contribution is -2.27. The van der Waals surface area contributed by atoms with Crippen LogP contribution in [0.5, 0.6) is 5.75 Å². The molecule has 0 saturated heterocycles. The van der Waals surface area contributed by atoms with Crippen LogP contribution in [0, 0.1) is 11.3 Å². The molecule has 0 bridgehead atoms. The Balaban J connectivity index is 1.30. The molecule has 0 fully saturated rings. The van der Waals surface area contributed by atoms with Crippen molar-refractivity contribution < 1.29 is 9.53 Å². The number of fused-ring (bicyclic) bond motifs is 2. The largest absolute Gasteiger partial charge is 0.488 e. The molecule has 1 aliphatic carbocycles. The van der Waals surface area contributed by atoms with Gasteiger partial charge in [0.2, 0.25) is 0 Å². The summed E-state index contributed by atoms with van der Waals surface area (Å²) in [5.41, 5.74) is 4.88. The van der Waals surface area contributed by atoms with Crippen molar-refractivity contribution in [2.45, 2.75) is 46.6 Å². The number of benzene rings is 4. The van der Waals surface area contributed by atoms with Crippen LogP contribution in [0.4, 0.5) is 10.7 Å². The molecule has 0 unspecified atom stereocenters. The zero-order valence-corrected chi connectivity index (χ0v) is 25.2. The van der Waals surface area contributed by atoms with Crippen LogP contribution in [0.2, 0.25) is 0 Å². The minimum Gasteiger partial charge on any atom is -0.488 e. The fourth-order valence-electron chi connectivity index (χ4n) is 5.77. The number of ether oxygens (including phenoxy) is 1. The average molecular weight is 573 g/mol. The minimum atomic E-state index is -0.0967. The van der Waals surface area contributed by atoms with Crippen molar-refractivity contribution in [3.63, 3.8) is 0 Å². The van der Waals surface area contributed by atoms with Crippen molar-refractivity contribution in [1.82, 2.24) is 0 Å². The van der Waals surface area contributed by atoms with Gasteiger partial charge < -0.3 is 10.1 Å². The van der Waals surface area contributed by atoms with Gasteiger partial charge in [-0.1, -0.05) is 93.6 Å². The van der Waals surface area contributed by atoms with E-state index < -0.39 is 0 Å². The Kier molecular flexibility index (Phi) is 7.94. The van der Waals surface area contributed by atoms with E-state index in [4.69, 9.17) is 9.73 Å². The summed E-state index contributed by atoms with van der Waals surface area (Å²) >= 11 is 1.66. The van der Waals surface area contributed by atoms with Crippen LogP contribution in [-0.2, 0) is 19.4 Å². The second kappa shape index (κ2) is 11.9. The maximum atomic E-state index is 13.7. The van der Waals surface area contributed by atoms with E-state index in [-0.39, 0.29) is 11.3 Å². The van der Waals surface area contributed by atoms with Gasteiger partial charge in [-0.05, 0) is 76.8 Å². The summed E-state index contributed by atoms with van der Waals surface area (Å²) in [5.74, 6) is 1.24. The Labute approximate surface area is 252 Å². The molecular weight excluding hydrogens is 536 g/mol. The molecular formula is C37H36N2O2S. The molecule has 5 aromatic rings. The van der Waals surface area contributed by atoms with Crippen LogP contribution in [0.1, 0.15) is 59.1 Å². The summed E-state index contributed by atoms with van der Waals surface area (Å²) in [5, 5.41) is 6.26. The van der Waals surface area contributed by atoms with Crippen molar-refractivity contribution in [2.24, 2.45) is 16.3 Å². The predicted molar refractivity (Wildman–Crippen MR) is 176 cm³/mol. The summed E-state index contributed by atoms with van der Waals surface area (Å²) in [6, 6.07) is 32.3. The molecule has 6 rings (SSSR count). The highest BCUT2D eigenvalue weighted by atomic mass is 32.1. The van der Waals surface area contributed by atoms with Gasteiger partial charge in [0, 0.05) is 22.3 Å². The lowest BCUT2D eigenvalue weighted by Gasteiger charge is -2.33. The molecule has 0 radical (unpaired) electrons. The van der Waals surface area contributed by atoms with Crippen molar-refractivity contribution in [3.8, 4) is 5.75 Å². The topological polar surface area (TPSA) is 50.7 Å². The Bertz CT molecular complexity index is 1740. The van der Waals surface area contributed by atoms with E-state index in [1.165, 1.54) is 15.6 Å². The summed E-state index contributed by atoms with van der Waals surface area (Å²) < 4.78 is 6.34. The first-order chi connectivity index (χ1) is 20.4. The van der Waals surface area contributed by atoms with Crippen LogP contribution < -0.4 is 10.1 Å². The highest BCUT2D eigenvalue weighted by Gasteiger charge is 2.33. The number of hydrogen-bond donors (Lipinski definition) is 1. The van der Waals surface area contributed by atoms with Gasteiger partial charge in [-0.2, -0.15) is 0 Å². The first-order valence-electron chi connectivity index (χ1n) is 14.6. The predicted octanol–water partition coefficient (Wildman–Crippen LogP) is 9.63. The molecule has 4 aromatic carbocycles. The van der Waals surface area contributed by atoms with Crippen LogP contribution in [0.3, 0.4) is 0 Å². The van der Waals surface area contributed by atoms with Gasteiger partial charge in [0.1, 0.15) is 17.4 Å². The van der Waals surface area contributed by atoms with Crippen molar-refractivity contribution in [1.29, 1.82) is 0 Å². The SMILES string of the molecule is CC(C)(C)[C@@H]1CCc2c(sc(N=Cc3ccccc3OCc3cccc4ccccc34)c2C(=O)Nc2ccccc2)C1. The van der Waals surface area contributed by atoms with Gasteiger partial charge >= 0.3 is 0 Å². The zero-order valence-electron chi connectivity index (χ0n) is 24.4. The van der Waals surface area contributed by atoms with E-state index in [1.807, 2.05) is 60.8 Å². The quantitative estimate of drug-likeness (QED) is 0.197. The molecule has 0 spiro atoms. The standard InChI is InChI=1S/C37H36N2O2S/c1-37(2,3)28-20-21-31-33(22-28)42-36(34(31)35(40)39-29-16-5-4-6-17-29)38-23-26-13-8-10-19-32(26)41-24-27-15-11-14-25-12-7-9-18-30(25)27/h4-19,23,28H,20-22,24H2,1-3H3,(H,39,40)/t28-/m1/s1. The molecule has 1 aliphatic rings. The lowest BCUT2D eigenvalue weighted by molar-refractivity contribution is 0.102. The van der Waals surface area contributed by atoms with Crippen LogP contribution in [-0.4, -0.2) is 12.1 Å². The molecule has 1 atom stereocenters. The molecule has 5 heteroatoms. The Morgan fingerprint density at radius 1 is 0.952 bits per heavy atom. The highest BCUT2D eigenvalue weighted by molar-refractivity contribution is 7.16. The first-order valence-corrected chi connectivity index (χ1v) is 15.4. The van der Waals surface area contributed by atoms with E-state index >= 15 is 0 Å². The summed E-state index contributed by atoms with van der Waals surface area (Å²) in [6.07, 6.45) is 4.80. The van der Waals surface area contributed by atoms with Gasteiger partial charge in [0.15, 0.2) is 0 Å². The number of aliphatic imine (C=N–C) groups is 1. The average Bonchev–Trinajstić information content (AvgIpc) is 3.37. The van der Waals surface area contributed by atoms with Gasteiger partial charge in [-0.3, -0.25) is 4.79 Å². The number of para-hydroxylation sites is 2. The number of hydrogen-bond acceptors (Lipinski definition) is 4. The molecule has 1 N–H and O–H groups in total. The second-order valence-electron chi connectivity index (χ2n) is 12.0. The normalized spacial score (nSPS) is 15.1. The van der Waals surface area contributed by atoms with Gasteiger partial charge in [0.25, 0.3) is 5.91 Å². The Morgan fingerprint density at radius 2 is 1.69 bits per heavy atom. The molecule has 0 aliphatic heterocycles. The fourth-order valence-corrected chi connectivity index (χ4v) is 7.04. The van der Waals surface area contributed by atoms with Crippen molar-refractivity contribution in [3.05, 3.63) is 124 Å². The fraction of sp³-hybridized carbons (Fsp3) is 0.243. The van der Waals surface area contributed by atoms with E-state index in [9.17, 15) is 4.79 Å². The number of anilines is 1. The summed E-state index contributed by atoms with van der Waals surface area (Å²) in [6.45, 7) is 7.40. The molecule has 212 valence electrons. The second-order valence-corrected chi connectivity index (χ2v) is 13.1. The van der Waals surface area contributed by atoms with E-state index in [0.29, 0.717) is 18.1 Å². The summed E-state index contributed by atoms with van der Waals surface area (Å²) in [4.78, 5) is 19.9. The van der Waals surface area contributed by atoms with Crippen molar-refractivity contribution in [2.75, 3.05) is 5.32 Å². The number of nitrogens with zero attached hydrogens (tertiary/aromatic N) is 1.